The van der Waals surface area contributed by atoms with E-state index in [2.05, 4.69) is 18.7 Å². The first-order valence-corrected chi connectivity index (χ1v) is 7.98. The molecule has 0 aliphatic carbocycles. The summed E-state index contributed by atoms with van der Waals surface area (Å²) in [5.41, 5.74) is 5.35. The molecule has 1 aliphatic rings. The van der Waals surface area contributed by atoms with Crippen LogP contribution in [-0.4, -0.2) is 28.5 Å². The minimum atomic E-state index is -4.36. The molecule has 1 heterocycles. The number of benzene rings is 1. The van der Waals surface area contributed by atoms with Gasteiger partial charge in [-0.3, -0.25) is 4.90 Å². The molecule has 0 spiro atoms. The predicted molar refractivity (Wildman–Crippen MR) is 82.3 cm³/mol. The van der Waals surface area contributed by atoms with Gasteiger partial charge in [-0.2, -0.15) is 24.9 Å². The van der Waals surface area contributed by atoms with Crippen LogP contribution in [0.4, 0.5) is 18.9 Å². The quantitative estimate of drug-likeness (QED) is 0.836. The van der Waals surface area contributed by atoms with Gasteiger partial charge in [-0.15, -0.1) is 0 Å². The van der Waals surface area contributed by atoms with Gasteiger partial charge in [0, 0.05) is 29.3 Å². The SMILES string of the molecule is CC1(C)CCN(Cc2ccc(N)cc2C(F)(F)F)CCS1. The average molecular weight is 318 g/mol. The fourth-order valence-electron chi connectivity index (χ4n) is 2.46. The molecule has 0 saturated carbocycles. The maximum absolute atomic E-state index is 13.1. The number of nitrogens with two attached hydrogens (primary N) is 1. The maximum Gasteiger partial charge on any atom is 0.416 e. The van der Waals surface area contributed by atoms with E-state index in [4.69, 9.17) is 5.73 Å². The molecule has 0 bridgehead atoms. The Morgan fingerprint density at radius 1 is 1.29 bits per heavy atom. The van der Waals surface area contributed by atoms with Gasteiger partial charge in [-0.1, -0.05) is 19.9 Å². The van der Waals surface area contributed by atoms with Crippen molar-refractivity contribution in [2.45, 2.75) is 37.7 Å². The van der Waals surface area contributed by atoms with E-state index in [1.54, 1.807) is 6.07 Å². The van der Waals surface area contributed by atoms with E-state index < -0.39 is 11.7 Å². The second-order valence-corrected chi connectivity index (χ2v) is 7.85. The molecule has 1 aromatic rings. The number of rotatable bonds is 2. The largest absolute Gasteiger partial charge is 0.416 e. The zero-order valence-corrected chi connectivity index (χ0v) is 13.2. The zero-order valence-electron chi connectivity index (χ0n) is 12.3. The molecule has 0 atom stereocenters. The highest BCUT2D eigenvalue weighted by Gasteiger charge is 2.34. The van der Waals surface area contributed by atoms with Crippen molar-refractivity contribution in [3.63, 3.8) is 0 Å². The Morgan fingerprint density at radius 3 is 2.67 bits per heavy atom. The van der Waals surface area contributed by atoms with Crippen LogP contribution in [0.3, 0.4) is 0 Å². The summed E-state index contributed by atoms with van der Waals surface area (Å²) in [6.07, 6.45) is -3.38. The minimum absolute atomic E-state index is 0.152. The summed E-state index contributed by atoms with van der Waals surface area (Å²) in [6.45, 7) is 6.33. The molecule has 6 heteroatoms. The van der Waals surface area contributed by atoms with Crippen LogP contribution in [0, 0.1) is 0 Å². The lowest BCUT2D eigenvalue weighted by atomic mass is 10.0. The predicted octanol–water partition coefficient (Wildman–Crippen LogP) is 4.01. The Morgan fingerprint density at radius 2 is 2.00 bits per heavy atom. The third-order valence-electron chi connectivity index (χ3n) is 3.76. The van der Waals surface area contributed by atoms with E-state index >= 15 is 0 Å². The average Bonchev–Trinajstić information content (AvgIpc) is 2.52. The summed E-state index contributed by atoms with van der Waals surface area (Å²) in [5, 5.41) is 0. The lowest BCUT2D eigenvalue weighted by Gasteiger charge is -2.24. The summed E-state index contributed by atoms with van der Waals surface area (Å²) >= 11 is 1.88. The molecule has 0 aromatic heterocycles. The van der Waals surface area contributed by atoms with Crippen molar-refractivity contribution in [1.29, 1.82) is 0 Å². The standard InChI is InChI=1S/C15H21F3N2S/c1-14(2)5-6-20(7-8-21-14)10-11-3-4-12(19)9-13(11)15(16,17)18/h3-4,9H,5-8,10,19H2,1-2H3. The van der Waals surface area contributed by atoms with E-state index in [0.29, 0.717) is 12.1 Å². The van der Waals surface area contributed by atoms with Crippen LogP contribution < -0.4 is 5.73 Å². The third kappa shape index (κ3) is 4.54. The second kappa shape index (κ2) is 6.08. The van der Waals surface area contributed by atoms with Crippen molar-refractivity contribution < 1.29 is 13.2 Å². The van der Waals surface area contributed by atoms with Crippen molar-refractivity contribution >= 4 is 17.4 Å². The fraction of sp³-hybridized carbons (Fsp3) is 0.600. The van der Waals surface area contributed by atoms with Crippen molar-refractivity contribution in [1.82, 2.24) is 4.90 Å². The number of alkyl halides is 3. The smallest absolute Gasteiger partial charge is 0.399 e. The van der Waals surface area contributed by atoms with Gasteiger partial charge in [0.15, 0.2) is 0 Å². The van der Waals surface area contributed by atoms with Gasteiger partial charge in [0.2, 0.25) is 0 Å². The van der Waals surface area contributed by atoms with Crippen LogP contribution in [-0.2, 0) is 12.7 Å². The highest BCUT2D eigenvalue weighted by atomic mass is 32.2. The van der Waals surface area contributed by atoms with Crippen LogP contribution in [0.1, 0.15) is 31.4 Å². The molecule has 21 heavy (non-hydrogen) atoms. The molecule has 2 N–H and O–H groups in total. The fourth-order valence-corrected chi connectivity index (χ4v) is 3.59. The van der Waals surface area contributed by atoms with Gasteiger partial charge >= 0.3 is 6.18 Å². The second-order valence-electron chi connectivity index (χ2n) is 6.05. The van der Waals surface area contributed by atoms with Gasteiger partial charge in [-0.25, -0.2) is 0 Å². The molecule has 1 saturated heterocycles. The molecule has 2 nitrogen and oxygen atoms in total. The van der Waals surface area contributed by atoms with Crippen molar-refractivity contribution in [3.05, 3.63) is 29.3 Å². The number of nitrogens with zero attached hydrogens (tertiary/aromatic N) is 1. The molecule has 2 rings (SSSR count). The van der Waals surface area contributed by atoms with E-state index in [0.717, 1.165) is 31.3 Å². The molecule has 0 amide bonds. The van der Waals surface area contributed by atoms with Crippen molar-refractivity contribution in [3.8, 4) is 0 Å². The first-order valence-electron chi connectivity index (χ1n) is 6.99. The van der Waals surface area contributed by atoms with Crippen LogP contribution in [0.5, 0.6) is 0 Å². The Hall–Kier alpha value is -0.880. The van der Waals surface area contributed by atoms with E-state index in [-0.39, 0.29) is 10.4 Å². The molecule has 1 aromatic carbocycles. The normalized spacial score (nSPS) is 20.2. The number of thioether (sulfide) groups is 1. The number of hydrogen-bond acceptors (Lipinski definition) is 3. The van der Waals surface area contributed by atoms with Gasteiger partial charge in [-0.05, 0) is 30.7 Å². The van der Waals surface area contributed by atoms with Gasteiger partial charge in [0.05, 0.1) is 5.56 Å². The highest BCUT2D eigenvalue weighted by molar-refractivity contribution is 8.00. The lowest BCUT2D eigenvalue weighted by molar-refractivity contribution is -0.138. The zero-order chi connectivity index (χ0) is 15.7. The van der Waals surface area contributed by atoms with Gasteiger partial charge in [0.25, 0.3) is 0 Å². The van der Waals surface area contributed by atoms with Gasteiger partial charge < -0.3 is 5.73 Å². The van der Waals surface area contributed by atoms with E-state index in [1.807, 2.05) is 11.8 Å². The first-order chi connectivity index (χ1) is 9.67. The summed E-state index contributed by atoms with van der Waals surface area (Å²) in [6, 6.07) is 4.08. The number of hydrogen-bond donors (Lipinski definition) is 1. The summed E-state index contributed by atoms with van der Waals surface area (Å²) in [4.78, 5) is 2.10. The number of nitrogen functional groups attached to an aromatic ring is 1. The lowest BCUT2D eigenvalue weighted by Crippen LogP contribution is -2.28. The monoisotopic (exact) mass is 318 g/mol. The summed E-state index contributed by atoms with van der Waals surface area (Å²) < 4.78 is 39.5. The third-order valence-corrected chi connectivity index (χ3v) is 5.14. The van der Waals surface area contributed by atoms with E-state index in [9.17, 15) is 13.2 Å². The van der Waals surface area contributed by atoms with Crippen LogP contribution in [0.15, 0.2) is 18.2 Å². The topological polar surface area (TPSA) is 29.3 Å². The first kappa shape index (κ1) is 16.5. The highest BCUT2D eigenvalue weighted by Crippen LogP contribution is 2.35. The van der Waals surface area contributed by atoms with Crippen molar-refractivity contribution in [2.75, 3.05) is 24.6 Å². The molecule has 1 fully saturated rings. The minimum Gasteiger partial charge on any atom is -0.399 e. The van der Waals surface area contributed by atoms with Gasteiger partial charge in [0.1, 0.15) is 0 Å². The summed E-state index contributed by atoms with van der Waals surface area (Å²) in [7, 11) is 0. The molecule has 1 aliphatic heterocycles. The number of halogens is 3. The molecular weight excluding hydrogens is 297 g/mol. The Kier molecular flexibility index (Phi) is 4.78. The number of anilines is 1. The van der Waals surface area contributed by atoms with E-state index in [1.165, 1.54) is 6.07 Å². The Labute approximate surface area is 127 Å². The Bertz CT molecular complexity index is 500. The molecule has 0 radical (unpaired) electrons. The Balaban J connectivity index is 2.16. The molecule has 0 unspecified atom stereocenters. The summed E-state index contributed by atoms with van der Waals surface area (Å²) in [5.74, 6) is 0.948. The molecular formula is C15H21F3N2S. The van der Waals surface area contributed by atoms with Crippen LogP contribution in [0.2, 0.25) is 0 Å². The van der Waals surface area contributed by atoms with Crippen LogP contribution in [0.25, 0.3) is 0 Å². The van der Waals surface area contributed by atoms with Crippen LogP contribution >= 0.6 is 11.8 Å². The van der Waals surface area contributed by atoms with Crippen molar-refractivity contribution in [2.24, 2.45) is 0 Å². The molecule has 118 valence electrons. The maximum atomic E-state index is 13.1.